The normalized spacial score (nSPS) is 21.7. The molecule has 146 valence electrons. The Morgan fingerprint density at radius 2 is 2.21 bits per heavy atom. The van der Waals surface area contributed by atoms with Gasteiger partial charge in [-0.1, -0.05) is 28.9 Å². The Bertz CT molecular complexity index is 957. The third-order valence-electron chi connectivity index (χ3n) is 4.89. The van der Waals surface area contributed by atoms with Crippen LogP contribution in [0.25, 0.3) is 11.4 Å². The van der Waals surface area contributed by atoms with Gasteiger partial charge in [0.1, 0.15) is 12.1 Å². The summed E-state index contributed by atoms with van der Waals surface area (Å²) >= 11 is 5.93. The van der Waals surface area contributed by atoms with E-state index in [1.165, 1.54) is 0 Å². The molecule has 0 bridgehead atoms. The van der Waals surface area contributed by atoms with Crippen LogP contribution < -0.4 is 5.32 Å². The van der Waals surface area contributed by atoms with Crippen LogP contribution >= 0.6 is 11.6 Å². The Labute approximate surface area is 165 Å². The number of aromatic nitrogens is 2. The third-order valence-corrected chi connectivity index (χ3v) is 5.12. The van der Waals surface area contributed by atoms with Crippen molar-refractivity contribution in [1.29, 1.82) is 0 Å². The molecule has 1 saturated carbocycles. The van der Waals surface area contributed by atoms with E-state index in [2.05, 4.69) is 15.5 Å². The lowest BCUT2D eigenvalue weighted by Crippen LogP contribution is -2.46. The van der Waals surface area contributed by atoms with E-state index in [4.69, 9.17) is 20.9 Å². The number of benzene rings is 1. The second-order valence-corrected chi connectivity index (χ2v) is 7.42. The SMILES string of the molecule is C[C@@]1(C2CC2)NC(=O)N(CC(=O)OCc2nc(-c3cccc(Cl)c3)no2)C1=O. The number of nitrogens with zero attached hydrogens (tertiary/aromatic N) is 3. The number of rotatable bonds is 6. The van der Waals surface area contributed by atoms with Gasteiger partial charge in [-0.05, 0) is 37.8 Å². The van der Waals surface area contributed by atoms with Crippen LogP contribution in [-0.4, -0.2) is 45.0 Å². The fourth-order valence-corrected chi connectivity index (χ4v) is 3.36. The van der Waals surface area contributed by atoms with Crippen LogP contribution in [0.5, 0.6) is 0 Å². The summed E-state index contributed by atoms with van der Waals surface area (Å²) in [6.45, 7) is 0.949. The fourth-order valence-electron chi connectivity index (χ4n) is 3.17. The van der Waals surface area contributed by atoms with E-state index in [1.807, 2.05) is 0 Å². The van der Waals surface area contributed by atoms with Gasteiger partial charge in [-0.3, -0.25) is 14.5 Å². The van der Waals surface area contributed by atoms with E-state index in [9.17, 15) is 14.4 Å². The van der Waals surface area contributed by atoms with Crippen LogP contribution in [-0.2, 0) is 20.9 Å². The summed E-state index contributed by atoms with van der Waals surface area (Å²) in [5.74, 6) is -0.636. The van der Waals surface area contributed by atoms with Crippen LogP contribution in [0, 0.1) is 5.92 Å². The number of hydrogen-bond donors (Lipinski definition) is 1. The summed E-state index contributed by atoms with van der Waals surface area (Å²) in [6, 6.07) is 6.33. The van der Waals surface area contributed by atoms with E-state index >= 15 is 0 Å². The first-order chi connectivity index (χ1) is 13.4. The molecule has 28 heavy (non-hydrogen) atoms. The lowest BCUT2D eigenvalue weighted by Gasteiger charge is -2.20. The Hall–Kier alpha value is -2.94. The smallest absolute Gasteiger partial charge is 0.326 e. The molecule has 2 fully saturated rings. The molecule has 3 amide bonds. The standard InChI is InChI=1S/C18H17ClN4O5/c1-18(11-5-6-11)16(25)23(17(26)21-18)8-14(24)27-9-13-20-15(22-28-13)10-3-2-4-12(19)7-10/h2-4,7,11H,5-6,8-9H2,1H3,(H,21,26)/t18-/m0/s1. The summed E-state index contributed by atoms with van der Waals surface area (Å²) in [4.78, 5) is 41.7. The Kier molecular flexibility index (Phi) is 4.54. The first kappa shape index (κ1) is 18.4. The van der Waals surface area contributed by atoms with Crippen molar-refractivity contribution in [1.82, 2.24) is 20.4 Å². The number of imide groups is 1. The van der Waals surface area contributed by atoms with E-state index < -0.39 is 30.0 Å². The van der Waals surface area contributed by atoms with Crippen LogP contribution in [0.1, 0.15) is 25.7 Å². The second kappa shape index (κ2) is 6.90. The molecule has 1 aliphatic carbocycles. The minimum atomic E-state index is -0.935. The summed E-state index contributed by atoms with van der Waals surface area (Å²) in [5, 5.41) is 7.02. The van der Waals surface area contributed by atoms with Crippen molar-refractivity contribution in [2.24, 2.45) is 5.92 Å². The zero-order valence-corrected chi connectivity index (χ0v) is 15.7. The van der Waals surface area contributed by atoms with Crippen molar-refractivity contribution in [3.05, 3.63) is 35.2 Å². The monoisotopic (exact) mass is 404 g/mol. The molecule has 1 aliphatic heterocycles. The first-order valence-electron chi connectivity index (χ1n) is 8.75. The van der Waals surface area contributed by atoms with Crippen molar-refractivity contribution in [2.45, 2.75) is 31.9 Å². The molecule has 2 aliphatic rings. The average Bonchev–Trinajstić information content (AvgIpc) is 3.38. The maximum atomic E-state index is 12.5. The number of carbonyl (C=O) groups is 3. The maximum Gasteiger partial charge on any atom is 0.326 e. The van der Waals surface area contributed by atoms with Crippen molar-refractivity contribution in [3.63, 3.8) is 0 Å². The molecule has 0 spiro atoms. The van der Waals surface area contributed by atoms with Gasteiger partial charge in [0.15, 0.2) is 6.61 Å². The van der Waals surface area contributed by atoms with Gasteiger partial charge in [0.25, 0.3) is 11.8 Å². The van der Waals surface area contributed by atoms with Gasteiger partial charge in [0.2, 0.25) is 5.82 Å². The summed E-state index contributed by atoms with van der Waals surface area (Å²) < 4.78 is 10.1. The van der Waals surface area contributed by atoms with E-state index in [1.54, 1.807) is 31.2 Å². The molecular formula is C18H17ClN4O5. The highest BCUT2D eigenvalue weighted by Crippen LogP contribution is 2.42. The Morgan fingerprint density at radius 1 is 1.43 bits per heavy atom. The number of halogens is 1. The van der Waals surface area contributed by atoms with Crippen LogP contribution in [0.3, 0.4) is 0 Å². The van der Waals surface area contributed by atoms with Gasteiger partial charge in [-0.2, -0.15) is 4.98 Å². The molecule has 1 saturated heterocycles. The number of amides is 3. The predicted molar refractivity (Wildman–Crippen MR) is 95.9 cm³/mol. The van der Waals surface area contributed by atoms with Crippen LogP contribution in [0.4, 0.5) is 4.79 Å². The number of nitrogens with one attached hydrogen (secondary N) is 1. The summed E-state index contributed by atoms with van der Waals surface area (Å²) in [7, 11) is 0. The van der Waals surface area contributed by atoms with E-state index in [0.717, 1.165) is 17.7 Å². The lowest BCUT2D eigenvalue weighted by molar-refractivity contribution is -0.149. The number of esters is 1. The molecule has 0 unspecified atom stereocenters. The largest absolute Gasteiger partial charge is 0.454 e. The van der Waals surface area contributed by atoms with E-state index in [0.29, 0.717) is 16.4 Å². The van der Waals surface area contributed by atoms with Crippen molar-refractivity contribution < 1.29 is 23.6 Å². The lowest BCUT2D eigenvalue weighted by atomic mass is 9.96. The summed E-state index contributed by atoms with van der Waals surface area (Å²) in [5.41, 5.74) is -0.275. The quantitative estimate of drug-likeness (QED) is 0.579. The maximum absolute atomic E-state index is 12.5. The van der Waals surface area contributed by atoms with Crippen molar-refractivity contribution >= 4 is 29.5 Å². The first-order valence-corrected chi connectivity index (χ1v) is 9.13. The molecule has 1 N–H and O–H groups in total. The van der Waals surface area contributed by atoms with Crippen molar-refractivity contribution in [3.8, 4) is 11.4 Å². The third kappa shape index (κ3) is 3.45. The summed E-state index contributed by atoms with van der Waals surface area (Å²) in [6.07, 6.45) is 1.76. The number of hydrogen-bond acceptors (Lipinski definition) is 7. The fraction of sp³-hybridized carbons (Fsp3) is 0.389. The van der Waals surface area contributed by atoms with Gasteiger partial charge >= 0.3 is 12.0 Å². The average molecular weight is 405 g/mol. The molecule has 1 aromatic carbocycles. The predicted octanol–water partition coefficient (Wildman–Crippen LogP) is 2.15. The number of ether oxygens (including phenoxy) is 1. The van der Waals surface area contributed by atoms with E-state index in [-0.39, 0.29) is 18.4 Å². The minimum absolute atomic E-state index is 0.0864. The van der Waals surface area contributed by atoms with Crippen LogP contribution in [0.15, 0.2) is 28.8 Å². The van der Waals surface area contributed by atoms with Gasteiger partial charge in [-0.15, -0.1) is 0 Å². The highest BCUT2D eigenvalue weighted by atomic mass is 35.5. The minimum Gasteiger partial charge on any atom is -0.454 e. The molecule has 1 aromatic heterocycles. The topological polar surface area (TPSA) is 115 Å². The molecular weight excluding hydrogens is 388 g/mol. The highest BCUT2D eigenvalue weighted by Gasteiger charge is 2.56. The van der Waals surface area contributed by atoms with Gasteiger partial charge < -0.3 is 14.6 Å². The molecule has 2 heterocycles. The molecule has 10 heteroatoms. The number of carbonyl (C=O) groups excluding carboxylic acids is 3. The Morgan fingerprint density at radius 3 is 2.93 bits per heavy atom. The van der Waals surface area contributed by atoms with Crippen molar-refractivity contribution in [2.75, 3.05) is 6.54 Å². The zero-order valence-electron chi connectivity index (χ0n) is 15.0. The second-order valence-electron chi connectivity index (χ2n) is 6.98. The van der Waals surface area contributed by atoms with Gasteiger partial charge in [0.05, 0.1) is 0 Å². The molecule has 0 radical (unpaired) electrons. The highest BCUT2D eigenvalue weighted by molar-refractivity contribution is 6.30. The zero-order chi connectivity index (χ0) is 19.9. The van der Waals surface area contributed by atoms with Gasteiger partial charge in [-0.25, -0.2) is 4.79 Å². The van der Waals surface area contributed by atoms with Gasteiger partial charge in [0, 0.05) is 10.6 Å². The van der Waals surface area contributed by atoms with Crippen LogP contribution in [0.2, 0.25) is 5.02 Å². The number of urea groups is 1. The molecule has 9 nitrogen and oxygen atoms in total. The molecule has 4 rings (SSSR count). The molecule has 2 aromatic rings. The molecule has 1 atom stereocenters. The Balaban J connectivity index is 1.34.